The zero-order chi connectivity index (χ0) is 14.4. The van der Waals surface area contributed by atoms with Gasteiger partial charge in [0.25, 0.3) is 4.06 Å². The lowest BCUT2D eigenvalue weighted by Gasteiger charge is -2.02. The van der Waals surface area contributed by atoms with Gasteiger partial charge in [-0.2, -0.15) is 5.26 Å². The normalized spacial score (nSPS) is 10.4. The number of aryl methyl sites for hydroxylation is 1. The number of nitrogens with zero attached hydrogens (tertiary/aromatic N) is 1. The van der Waals surface area contributed by atoms with E-state index in [1.165, 1.54) is 33.8 Å². The van der Waals surface area contributed by atoms with E-state index in [0.29, 0.717) is 6.42 Å². The van der Waals surface area contributed by atoms with Gasteiger partial charge in [-0.05, 0) is 12.5 Å². The van der Waals surface area contributed by atoms with E-state index in [-0.39, 0.29) is 4.06 Å². The Bertz CT molecular complexity index is 651. The summed E-state index contributed by atoms with van der Waals surface area (Å²) in [5.74, 6) is 1.63. The minimum Gasteiger partial charge on any atom is -0.265 e. The van der Waals surface area contributed by atoms with E-state index >= 15 is 0 Å². The van der Waals surface area contributed by atoms with Gasteiger partial charge < -0.3 is 0 Å². The smallest absolute Gasteiger partial charge is 0.265 e. The molecule has 0 N–H and O–H groups in total. The molecule has 0 aliphatic carbocycles. The summed E-state index contributed by atoms with van der Waals surface area (Å²) in [6.07, 6.45) is 0.517. The van der Waals surface area contributed by atoms with Crippen LogP contribution < -0.4 is 4.06 Å². The molecular formula is C14H13NOS4. The molecule has 1 heterocycles. The van der Waals surface area contributed by atoms with E-state index in [4.69, 9.17) is 5.26 Å². The molecule has 0 saturated carbocycles. The summed E-state index contributed by atoms with van der Waals surface area (Å²) < 4.78 is 2.28. The van der Waals surface area contributed by atoms with Gasteiger partial charge >= 0.3 is 0 Å². The first-order valence-corrected chi connectivity index (χ1v) is 9.61. The Kier molecular flexibility index (Phi) is 6.17. The van der Waals surface area contributed by atoms with Crippen molar-refractivity contribution in [1.82, 2.24) is 0 Å². The Morgan fingerprint density at radius 2 is 1.80 bits per heavy atom. The van der Waals surface area contributed by atoms with Crippen molar-refractivity contribution in [2.45, 2.75) is 27.5 Å². The maximum absolute atomic E-state index is 11.5. The lowest BCUT2D eigenvalue weighted by Crippen LogP contribution is -1.81. The summed E-state index contributed by atoms with van der Waals surface area (Å²) in [6.45, 7) is 2.07. The SMILES string of the molecule is Cc1ccc(CSc2sc(=O)sc2SCCC#N)cc1. The molecule has 0 unspecified atom stereocenters. The summed E-state index contributed by atoms with van der Waals surface area (Å²) in [5.41, 5.74) is 2.52. The van der Waals surface area contributed by atoms with Gasteiger partial charge in [0.2, 0.25) is 0 Å². The Hall–Kier alpha value is -0.740. The molecule has 1 aromatic carbocycles. The van der Waals surface area contributed by atoms with Crippen molar-refractivity contribution < 1.29 is 0 Å². The van der Waals surface area contributed by atoms with Crippen molar-refractivity contribution >= 4 is 46.2 Å². The van der Waals surface area contributed by atoms with Gasteiger partial charge in [-0.3, -0.25) is 4.79 Å². The van der Waals surface area contributed by atoms with Crippen LogP contribution in [-0.2, 0) is 5.75 Å². The molecule has 0 aliphatic heterocycles. The third kappa shape index (κ3) is 4.67. The topological polar surface area (TPSA) is 40.9 Å². The van der Waals surface area contributed by atoms with Crippen molar-refractivity contribution in [2.75, 3.05) is 5.75 Å². The predicted octanol–water partition coefficient (Wildman–Crippen LogP) is 4.78. The van der Waals surface area contributed by atoms with Gasteiger partial charge in [0.15, 0.2) is 0 Å². The van der Waals surface area contributed by atoms with Gasteiger partial charge in [-0.1, -0.05) is 52.5 Å². The van der Waals surface area contributed by atoms with Crippen LogP contribution in [0.2, 0.25) is 0 Å². The van der Waals surface area contributed by atoms with E-state index in [1.807, 2.05) is 0 Å². The average Bonchev–Trinajstić information content (AvgIpc) is 2.79. The number of hydrogen-bond donors (Lipinski definition) is 0. The second-order valence-corrected chi connectivity index (χ2v) is 8.89. The molecule has 0 bridgehead atoms. The van der Waals surface area contributed by atoms with Gasteiger partial charge in [-0.25, -0.2) is 0 Å². The van der Waals surface area contributed by atoms with Crippen LogP contribution in [0.3, 0.4) is 0 Å². The minimum atomic E-state index is 0.135. The highest BCUT2D eigenvalue weighted by Crippen LogP contribution is 2.38. The number of hydrogen-bond acceptors (Lipinski definition) is 6. The molecule has 1 aromatic heterocycles. The third-order valence-electron chi connectivity index (χ3n) is 2.46. The molecule has 0 radical (unpaired) electrons. The summed E-state index contributed by atoms with van der Waals surface area (Å²) in [6, 6.07) is 10.6. The molecule has 0 aliphatic rings. The van der Waals surface area contributed by atoms with Crippen LogP contribution >= 0.6 is 46.2 Å². The number of benzene rings is 1. The minimum absolute atomic E-state index is 0.135. The van der Waals surface area contributed by atoms with E-state index in [9.17, 15) is 4.79 Å². The lowest BCUT2D eigenvalue weighted by molar-refractivity contribution is 1.24. The number of thioether (sulfide) groups is 2. The molecule has 0 saturated heterocycles. The quantitative estimate of drug-likeness (QED) is 0.561. The van der Waals surface area contributed by atoms with Crippen LogP contribution in [0.15, 0.2) is 37.5 Å². The third-order valence-corrected chi connectivity index (χ3v) is 7.61. The summed E-state index contributed by atoms with van der Waals surface area (Å²) >= 11 is 5.94. The molecule has 2 aromatic rings. The Morgan fingerprint density at radius 1 is 1.15 bits per heavy atom. The van der Waals surface area contributed by atoms with Crippen LogP contribution in [0.4, 0.5) is 0 Å². The van der Waals surface area contributed by atoms with Crippen molar-refractivity contribution in [2.24, 2.45) is 0 Å². The van der Waals surface area contributed by atoms with Crippen molar-refractivity contribution in [3.63, 3.8) is 0 Å². The van der Waals surface area contributed by atoms with Crippen molar-refractivity contribution in [3.05, 3.63) is 44.2 Å². The molecule has 0 amide bonds. The van der Waals surface area contributed by atoms with Crippen molar-refractivity contribution in [3.8, 4) is 6.07 Å². The van der Waals surface area contributed by atoms with Gasteiger partial charge in [0.05, 0.1) is 14.5 Å². The van der Waals surface area contributed by atoms with Gasteiger partial charge in [0.1, 0.15) is 0 Å². The first-order valence-electron chi connectivity index (χ1n) is 6.01. The molecular weight excluding hydrogens is 326 g/mol. The molecule has 6 heteroatoms. The van der Waals surface area contributed by atoms with Gasteiger partial charge in [-0.15, -0.1) is 23.5 Å². The molecule has 0 atom stereocenters. The van der Waals surface area contributed by atoms with Crippen LogP contribution in [0.25, 0.3) is 0 Å². The Labute approximate surface area is 134 Å². The first kappa shape index (κ1) is 15.6. The highest BCUT2D eigenvalue weighted by atomic mass is 32.2. The number of nitriles is 1. The zero-order valence-electron chi connectivity index (χ0n) is 10.9. The first-order chi connectivity index (χ1) is 9.69. The average molecular weight is 340 g/mol. The fourth-order valence-corrected chi connectivity index (χ4v) is 6.57. The van der Waals surface area contributed by atoms with E-state index in [2.05, 4.69) is 37.3 Å². The van der Waals surface area contributed by atoms with Crippen LogP contribution in [-0.4, -0.2) is 5.75 Å². The fourth-order valence-electron chi connectivity index (χ4n) is 1.45. The van der Waals surface area contributed by atoms with Gasteiger partial charge in [0, 0.05) is 17.9 Å². The predicted molar refractivity (Wildman–Crippen MR) is 90.2 cm³/mol. The highest BCUT2D eigenvalue weighted by molar-refractivity contribution is 8.04. The maximum Gasteiger partial charge on any atom is 0.289 e. The van der Waals surface area contributed by atoms with E-state index < -0.39 is 0 Å². The summed E-state index contributed by atoms with van der Waals surface area (Å²) in [7, 11) is 0. The standard InChI is InChI=1S/C14H13NOS4/c1-10-3-5-11(6-4-10)9-18-13-12(17-8-2-7-15)19-14(16)20-13/h3-6H,2,8-9H2,1H3. The van der Waals surface area contributed by atoms with E-state index in [1.54, 1.807) is 23.5 Å². The second-order valence-electron chi connectivity index (χ2n) is 4.06. The molecule has 2 nitrogen and oxygen atoms in total. The fraction of sp³-hybridized carbons (Fsp3) is 0.286. The largest absolute Gasteiger partial charge is 0.289 e. The van der Waals surface area contributed by atoms with E-state index in [0.717, 1.165) is 19.9 Å². The summed E-state index contributed by atoms with van der Waals surface area (Å²) in [4.78, 5) is 11.5. The van der Waals surface area contributed by atoms with Crippen LogP contribution in [0.1, 0.15) is 17.5 Å². The van der Waals surface area contributed by atoms with Crippen LogP contribution in [0.5, 0.6) is 0 Å². The monoisotopic (exact) mass is 339 g/mol. The number of rotatable bonds is 6. The van der Waals surface area contributed by atoms with Crippen LogP contribution in [0, 0.1) is 18.3 Å². The molecule has 20 heavy (non-hydrogen) atoms. The summed E-state index contributed by atoms with van der Waals surface area (Å²) in [5, 5.41) is 8.57. The second kappa shape index (κ2) is 7.89. The van der Waals surface area contributed by atoms with Crippen molar-refractivity contribution in [1.29, 1.82) is 5.26 Å². The maximum atomic E-state index is 11.5. The highest BCUT2D eigenvalue weighted by Gasteiger charge is 2.10. The molecule has 2 rings (SSSR count). The molecule has 0 fully saturated rings. The lowest BCUT2D eigenvalue weighted by atomic mass is 10.2. The molecule has 104 valence electrons. The Morgan fingerprint density at radius 3 is 2.45 bits per heavy atom. The zero-order valence-corrected chi connectivity index (χ0v) is 14.2. The Balaban J connectivity index is 2.00. The molecule has 0 spiro atoms.